The van der Waals surface area contributed by atoms with Gasteiger partial charge in [-0.15, -0.1) is 0 Å². The molecule has 0 radical (unpaired) electrons. The van der Waals surface area contributed by atoms with Crippen LogP contribution in [0.15, 0.2) is 29.2 Å². The summed E-state index contributed by atoms with van der Waals surface area (Å²) in [5.74, 6) is 3.80. The van der Waals surface area contributed by atoms with Gasteiger partial charge in [0.05, 0.1) is 11.5 Å². The minimum atomic E-state index is -3.61. The predicted molar refractivity (Wildman–Crippen MR) is 84.9 cm³/mol. The third-order valence-corrected chi connectivity index (χ3v) is 7.62. The summed E-state index contributed by atoms with van der Waals surface area (Å²) in [6.07, 6.45) is 6.57. The monoisotopic (exact) mass is 320 g/mol. The zero-order chi connectivity index (χ0) is 15.3. The first kappa shape index (κ1) is 14.7. The summed E-state index contributed by atoms with van der Waals surface area (Å²) in [5, 5.41) is 0. The molecule has 120 valence electrons. The molecule has 0 amide bonds. The van der Waals surface area contributed by atoms with Crippen molar-refractivity contribution in [2.45, 2.75) is 43.9 Å². The first-order chi connectivity index (χ1) is 10.5. The average molecular weight is 320 g/mol. The van der Waals surface area contributed by atoms with Crippen LogP contribution in [0.1, 0.15) is 37.7 Å². The molecule has 4 rings (SSSR count). The van der Waals surface area contributed by atoms with Gasteiger partial charge in [0.15, 0.2) is 0 Å². The molecular formula is C18H24O3S. The number of hydrogen-bond donors (Lipinski definition) is 0. The first-order valence-corrected chi connectivity index (χ1v) is 9.91. The number of rotatable bonds is 4. The first-order valence-electron chi connectivity index (χ1n) is 8.51. The Kier molecular flexibility index (Phi) is 3.57. The molecule has 3 nitrogen and oxygen atoms in total. The van der Waals surface area contributed by atoms with E-state index < -0.39 is 10.1 Å². The Hall–Kier alpha value is -0.870. The van der Waals surface area contributed by atoms with Gasteiger partial charge in [-0.2, -0.15) is 8.42 Å². The van der Waals surface area contributed by atoms with E-state index in [9.17, 15) is 8.42 Å². The van der Waals surface area contributed by atoms with E-state index in [4.69, 9.17) is 4.18 Å². The second-order valence-electron chi connectivity index (χ2n) is 7.46. The standard InChI is InChI=1S/C18H24O3S/c1-12-2-7-16(8-3-12)22(19,20)21-11-15-6-9-17-13-4-5-14(10-13)18(15)17/h2-3,7-8,13-15,17-18H,4-6,9-11H2,1H3. The van der Waals surface area contributed by atoms with E-state index in [0.717, 1.165) is 35.7 Å². The lowest BCUT2D eigenvalue weighted by Gasteiger charge is -2.28. The molecule has 22 heavy (non-hydrogen) atoms. The molecule has 3 fully saturated rings. The van der Waals surface area contributed by atoms with Crippen LogP contribution in [0, 0.1) is 36.5 Å². The van der Waals surface area contributed by atoms with Gasteiger partial charge in [-0.1, -0.05) is 17.7 Å². The van der Waals surface area contributed by atoms with Crippen molar-refractivity contribution in [2.75, 3.05) is 6.61 Å². The van der Waals surface area contributed by atoms with Crippen LogP contribution in [0.3, 0.4) is 0 Å². The number of benzene rings is 1. The fourth-order valence-electron chi connectivity index (χ4n) is 5.36. The smallest absolute Gasteiger partial charge is 0.266 e. The lowest BCUT2D eigenvalue weighted by atomic mass is 9.78. The lowest BCUT2D eigenvalue weighted by molar-refractivity contribution is 0.157. The highest BCUT2D eigenvalue weighted by atomic mass is 32.2. The minimum absolute atomic E-state index is 0.278. The molecule has 0 aromatic heterocycles. The Morgan fingerprint density at radius 2 is 1.77 bits per heavy atom. The van der Waals surface area contributed by atoms with Gasteiger partial charge in [0.25, 0.3) is 10.1 Å². The molecule has 5 atom stereocenters. The van der Waals surface area contributed by atoms with Crippen molar-refractivity contribution in [1.29, 1.82) is 0 Å². The van der Waals surface area contributed by atoms with Gasteiger partial charge in [0.1, 0.15) is 0 Å². The average Bonchev–Trinajstić information content (AvgIpc) is 3.19. The van der Waals surface area contributed by atoms with E-state index in [-0.39, 0.29) is 4.90 Å². The fourth-order valence-corrected chi connectivity index (χ4v) is 6.32. The Balaban J connectivity index is 1.43. The maximum atomic E-state index is 12.3. The van der Waals surface area contributed by atoms with Crippen molar-refractivity contribution < 1.29 is 12.6 Å². The Bertz CT molecular complexity index is 649. The molecule has 1 aromatic carbocycles. The molecule has 0 N–H and O–H groups in total. The van der Waals surface area contributed by atoms with Crippen LogP contribution >= 0.6 is 0 Å². The summed E-state index contributed by atoms with van der Waals surface area (Å²) in [5.41, 5.74) is 1.06. The predicted octanol–water partition coefficient (Wildman–Crippen LogP) is 3.77. The zero-order valence-electron chi connectivity index (χ0n) is 13.1. The van der Waals surface area contributed by atoms with Crippen LogP contribution in [-0.2, 0) is 14.3 Å². The highest BCUT2D eigenvalue weighted by Crippen LogP contribution is 2.60. The summed E-state index contributed by atoms with van der Waals surface area (Å²) in [4.78, 5) is 0.278. The second kappa shape index (κ2) is 5.34. The Labute approximate surface area is 133 Å². The highest BCUT2D eigenvalue weighted by molar-refractivity contribution is 7.86. The molecule has 0 aliphatic heterocycles. The van der Waals surface area contributed by atoms with E-state index in [2.05, 4.69) is 0 Å². The maximum Gasteiger partial charge on any atom is 0.296 e. The summed E-state index contributed by atoms with van der Waals surface area (Å²) in [6, 6.07) is 6.91. The van der Waals surface area contributed by atoms with Gasteiger partial charge in [0, 0.05) is 0 Å². The molecule has 0 heterocycles. The van der Waals surface area contributed by atoms with Crippen molar-refractivity contribution in [3.63, 3.8) is 0 Å². The van der Waals surface area contributed by atoms with Gasteiger partial charge in [-0.05, 0) is 80.8 Å². The van der Waals surface area contributed by atoms with Gasteiger partial charge in [-0.3, -0.25) is 4.18 Å². The summed E-state index contributed by atoms with van der Waals surface area (Å²) >= 11 is 0. The van der Waals surface area contributed by atoms with E-state index in [0.29, 0.717) is 12.5 Å². The zero-order valence-corrected chi connectivity index (χ0v) is 13.9. The Morgan fingerprint density at radius 3 is 2.55 bits per heavy atom. The number of hydrogen-bond acceptors (Lipinski definition) is 3. The van der Waals surface area contributed by atoms with E-state index in [1.807, 2.05) is 19.1 Å². The SMILES string of the molecule is Cc1ccc(S(=O)(=O)OCC2CCC3C4CCC(C4)C23)cc1. The fraction of sp³-hybridized carbons (Fsp3) is 0.667. The minimum Gasteiger partial charge on any atom is -0.266 e. The molecule has 4 heteroatoms. The third kappa shape index (κ3) is 2.41. The van der Waals surface area contributed by atoms with Crippen LogP contribution in [0.2, 0.25) is 0 Å². The van der Waals surface area contributed by atoms with Gasteiger partial charge in [0.2, 0.25) is 0 Å². The normalized spacial score (nSPS) is 36.7. The van der Waals surface area contributed by atoms with Crippen LogP contribution in [0.5, 0.6) is 0 Å². The maximum absolute atomic E-state index is 12.3. The number of aryl methyl sites for hydroxylation is 1. The molecule has 5 unspecified atom stereocenters. The van der Waals surface area contributed by atoms with Crippen molar-refractivity contribution in [1.82, 2.24) is 0 Å². The molecular weight excluding hydrogens is 296 g/mol. The number of fused-ring (bicyclic) bond motifs is 5. The Morgan fingerprint density at radius 1 is 1.05 bits per heavy atom. The van der Waals surface area contributed by atoms with Gasteiger partial charge in [-0.25, -0.2) is 0 Å². The van der Waals surface area contributed by atoms with Gasteiger partial charge < -0.3 is 0 Å². The van der Waals surface area contributed by atoms with Crippen molar-refractivity contribution >= 4 is 10.1 Å². The van der Waals surface area contributed by atoms with Crippen molar-refractivity contribution in [3.05, 3.63) is 29.8 Å². The summed E-state index contributed by atoms with van der Waals surface area (Å²) in [6.45, 7) is 2.33. The summed E-state index contributed by atoms with van der Waals surface area (Å²) in [7, 11) is -3.61. The van der Waals surface area contributed by atoms with E-state index in [1.54, 1.807) is 12.1 Å². The molecule has 0 saturated heterocycles. The molecule has 3 aliphatic carbocycles. The van der Waals surface area contributed by atoms with E-state index >= 15 is 0 Å². The molecule has 2 bridgehead atoms. The second-order valence-corrected chi connectivity index (χ2v) is 9.08. The molecule has 0 spiro atoms. The molecule has 3 aliphatic rings. The topological polar surface area (TPSA) is 43.4 Å². The van der Waals surface area contributed by atoms with E-state index in [1.165, 1.54) is 25.7 Å². The van der Waals surface area contributed by atoms with Crippen LogP contribution in [0.4, 0.5) is 0 Å². The summed E-state index contributed by atoms with van der Waals surface area (Å²) < 4.78 is 30.1. The van der Waals surface area contributed by atoms with Gasteiger partial charge >= 0.3 is 0 Å². The largest absolute Gasteiger partial charge is 0.296 e. The van der Waals surface area contributed by atoms with Crippen molar-refractivity contribution in [2.24, 2.45) is 29.6 Å². The van der Waals surface area contributed by atoms with Crippen LogP contribution in [-0.4, -0.2) is 15.0 Å². The third-order valence-electron chi connectivity index (χ3n) is 6.32. The lowest BCUT2D eigenvalue weighted by Crippen LogP contribution is -2.26. The van der Waals surface area contributed by atoms with Crippen LogP contribution in [0.25, 0.3) is 0 Å². The van der Waals surface area contributed by atoms with Crippen LogP contribution < -0.4 is 0 Å². The quantitative estimate of drug-likeness (QED) is 0.793. The van der Waals surface area contributed by atoms with Crippen molar-refractivity contribution in [3.8, 4) is 0 Å². The molecule has 1 aromatic rings. The highest BCUT2D eigenvalue weighted by Gasteiger charge is 2.53. The molecule has 3 saturated carbocycles.